The summed E-state index contributed by atoms with van der Waals surface area (Å²) in [5.74, 6) is 0. The van der Waals surface area contributed by atoms with Crippen molar-refractivity contribution in [2.24, 2.45) is 0 Å². The minimum absolute atomic E-state index is 0.0465. The van der Waals surface area contributed by atoms with Gasteiger partial charge in [-0.25, -0.2) is 13.4 Å². The van der Waals surface area contributed by atoms with E-state index in [-0.39, 0.29) is 9.92 Å². The van der Waals surface area contributed by atoms with E-state index in [0.717, 1.165) is 21.9 Å². The number of rotatable bonds is 4. The lowest BCUT2D eigenvalue weighted by Crippen LogP contribution is -2.13. The van der Waals surface area contributed by atoms with E-state index in [4.69, 9.17) is 11.6 Å². The van der Waals surface area contributed by atoms with E-state index >= 15 is 0 Å². The maximum Gasteiger partial charge on any atom is 0.263 e. The number of aromatic nitrogens is 2. The van der Waals surface area contributed by atoms with Gasteiger partial charge < -0.3 is 0 Å². The molecule has 26 heavy (non-hydrogen) atoms. The van der Waals surface area contributed by atoms with Crippen LogP contribution in [0.2, 0.25) is 5.02 Å². The van der Waals surface area contributed by atoms with Gasteiger partial charge >= 0.3 is 0 Å². The third-order valence-corrected chi connectivity index (χ3v) is 6.76. The van der Waals surface area contributed by atoms with Crippen molar-refractivity contribution < 1.29 is 8.42 Å². The molecule has 132 valence electrons. The smallest absolute Gasteiger partial charge is 0.263 e. The van der Waals surface area contributed by atoms with Crippen LogP contribution in [0.1, 0.15) is 5.69 Å². The molecule has 4 rings (SSSR count). The number of hydrogen-bond donors (Lipinski definition) is 1. The molecule has 0 spiro atoms. The molecule has 2 heterocycles. The van der Waals surface area contributed by atoms with Gasteiger partial charge in [0.15, 0.2) is 4.96 Å². The fourth-order valence-electron chi connectivity index (χ4n) is 2.65. The summed E-state index contributed by atoms with van der Waals surface area (Å²) in [6.07, 6.45) is 1.95. The molecule has 0 fully saturated rings. The third kappa shape index (κ3) is 3.09. The number of nitrogens with one attached hydrogen (secondary N) is 1. The van der Waals surface area contributed by atoms with Crippen LogP contribution in [0.3, 0.4) is 0 Å². The largest absolute Gasteiger partial charge is 0.294 e. The molecule has 0 saturated carbocycles. The standard InChI is InChI=1S/C18H14ClN3O2S2/c1-12-11-25-18-20-16(10-22(12)18)13-5-4-6-14(9-13)21-26(23,24)17-8-3-2-7-15(17)19/h2-11,21H,1H3. The SMILES string of the molecule is Cc1csc2nc(-c3cccc(NS(=O)(=O)c4ccccc4Cl)c3)cn12. The average molecular weight is 404 g/mol. The first kappa shape index (κ1) is 17.1. The molecule has 0 aliphatic carbocycles. The minimum Gasteiger partial charge on any atom is -0.294 e. The van der Waals surface area contributed by atoms with Gasteiger partial charge in [-0.1, -0.05) is 35.9 Å². The van der Waals surface area contributed by atoms with Crippen molar-refractivity contribution in [1.82, 2.24) is 9.38 Å². The Labute approximate surface area is 160 Å². The molecule has 0 atom stereocenters. The van der Waals surface area contributed by atoms with Gasteiger partial charge in [0.2, 0.25) is 0 Å². The van der Waals surface area contributed by atoms with Crippen LogP contribution in [0.25, 0.3) is 16.2 Å². The molecule has 0 bridgehead atoms. The lowest BCUT2D eigenvalue weighted by molar-refractivity contribution is 0.601. The summed E-state index contributed by atoms with van der Waals surface area (Å²) in [6, 6.07) is 13.5. The Morgan fingerprint density at radius 1 is 1.15 bits per heavy atom. The van der Waals surface area contributed by atoms with Crippen molar-refractivity contribution in [3.05, 3.63) is 70.8 Å². The highest BCUT2D eigenvalue weighted by Crippen LogP contribution is 2.27. The number of thiazole rings is 1. The third-order valence-electron chi connectivity index (χ3n) is 3.93. The van der Waals surface area contributed by atoms with Crippen LogP contribution in [-0.2, 0) is 10.0 Å². The van der Waals surface area contributed by atoms with Gasteiger partial charge in [0.25, 0.3) is 10.0 Å². The summed E-state index contributed by atoms with van der Waals surface area (Å²) in [7, 11) is -3.77. The summed E-state index contributed by atoms with van der Waals surface area (Å²) in [4.78, 5) is 5.55. The number of anilines is 1. The number of nitrogens with zero attached hydrogens (tertiary/aromatic N) is 2. The predicted molar refractivity (Wildman–Crippen MR) is 106 cm³/mol. The van der Waals surface area contributed by atoms with E-state index in [1.807, 2.05) is 29.0 Å². The van der Waals surface area contributed by atoms with E-state index in [2.05, 4.69) is 9.71 Å². The molecular weight excluding hydrogens is 390 g/mol. The van der Waals surface area contributed by atoms with Gasteiger partial charge in [0.1, 0.15) is 4.90 Å². The first-order valence-electron chi connectivity index (χ1n) is 7.75. The monoisotopic (exact) mass is 403 g/mol. The fourth-order valence-corrected chi connectivity index (χ4v) is 5.07. The molecule has 0 amide bonds. The molecule has 0 aliphatic rings. The summed E-state index contributed by atoms with van der Waals surface area (Å²) in [6.45, 7) is 2.02. The number of imidazole rings is 1. The summed E-state index contributed by atoms with van der Waals surface area (Å²) in [5, 5.41) is 2.22. The summed E-state index contributed by atoms with van der Waals surface area (Å²) < 4.78 is 29.8. The lowest BCUT2D eigenvalue weighted by Gasteiger charge is -2.10. The molecule has 2 aromatic heterocycles. The molecule has 0 saturated heterocycles. The summed E-state index contributed by atoms with van der Waals surface area (Å²) in [5.41, 5.74) is 3.19. The Kier molecular flexibility index (Phi) is 4.22. The fraction of sp³-hybridized carbons (Fsp3) is 0.0556. The number of sulfonamides is 1. The Morgan fingerprint density at radius 2 is 1.96 bits per heavy atom. The Bertz CT molecular complexity index is 1210. The molecule has 5 nitrogen and oxygen atoms in total. The average Bonchev–Trinajstić information content (AvgIpc) is 3.17. The molecule has 8 heteroatoms. The van der Waals surface area contributed by atoms with Gasteiger partial charge in [-0.05, 0) is 31.2 Å². The zero-order valence-corrected chi connectivity index (χ0v) is 16.1. The van der Waals surface area contributed by atoms with E-state index in [0.29, 0.717) is 5.69 Å². The second-order valence-corrected chi connectivity index (χ2v) is 8.67. The molecular formula is C18H14ClN3O2S2. The van der Waals surface area contributed by atoms with Crippen LogP contribution in [0, 0.1) is 6.92 Å². The van der Waals surface area contributed by atoms with Crippen molar-refractivity contribution in [3.8, 4) is 11.3 Å². The topological polar surface area (TPSA) is 63.5 Å². The number of benzene rings is 2. The van der Waals surface area contributed by atoms with Crippen molar-refractivity contribution in [1.29, 1.82) is 0 Å². The highest BCUT2D eigenvalue weighted by Gasteiger charge is 2.18. The minimum atomic E-state index is -3.77. The van der Waals surface area contributed by atoms with Crippen molar-refractivity contribution >= 4 is 43.6 Å². The first-order chi connectivity index (χ1) is 12.4. The molecule has 0 radical (unpaired) electrons. The van der Waals surface area contributed by atoms with E-state index < -0.39 is 10.0 Å². The number of fused-ring (bicyclic) bond motifs is 1. The van der Waals surface area contributed by atoms with E-state index in [1.54, 1.807) is 47.7 Å². The Morgan fingerprint density at radius 3 is 2.73 bits per heavy atom. The van der Waals surface area contributed by atoms with Crippen LogP contribution in [0.5, 0.6) is 0 Å². The highest BCUT2D eigenvalue weighted by molar-refractivity contribution is 7.92. The maximum absolute atomic E-state index is 12.6. The normalized spacial score (nSPS) is 11.8. The molecule has 1 N–H and O–H groups in total. The zero-order valence-electron chi connectivity index (χ0n) is 13.7. The van der Waals surface area contributed by atoms with E-state index in [1.165, 1.54) is 6.07 Å². The highest BCUT2D eigenvalue weighted by atomic mass is 35.5. The zero-order chi connectivity index (χ0) is 18.3. The van der Waals surface area contributed by atoms with Gasteiger partial charge in [0.05, 0.1) is 10.7 Å². The van der Waals surface area contributed by atoms with Crippen LogP contribution in [0.15, 0.2) is 65.0 Å². The van der Waals surface area contributed by atoms with Gasteiger partial charge in [-0.2, -0.15) is 0 Å². The second-order valence-electron chi connectivity index (χ2n) is 5.77. The molecule has 4 aromatic rings. The predicted octanol–water partition coefficient (Wildman–Crippen LogP) is 4.83. The number of aryl methyl sites for hydroxylation is 1. The molecule has 0 aliphatic heterocycles. The maximum atomic E-state index is 12.6. The van der Waals surface area contributed by atoms with Crippen LogP contribution in [0.4, 0.5) is 5.69 Å². The second kappa shape index (κ2) is 6.42. The van der Waals surface area contributed by atoms with Gasteiger partial charge in [0, 0.05) is 28.5 Å². The van der Waals surface area contributed by atoms with Crippen molar-refractivity contribution in [2.75, 3.05) is 4.72 Å². The lowest BCUT2D eigenvalue weighted by atomic mass is 10.1. The molecule has 2 aromatic carbocycles. The Hall–Kier alpha value is -2.35. The van der Waals surface area contributed by atoms with Crippen molar-refractivity contribution in [2.45, 2.75) is 11.8 Å². The quantitative estimate of drug-likeness (QED) is 0.531. The van der Waals surface area contributed by atoms with Crippen LogP contribution >= 0.6 is 22.9 Å². The van der Waals surface area contributed by atoms with Gasteiger partial charge in [-0.3, -0.25) is 9.12 Å². The molecule has 0 unspecified atom stereocenters. The number of hydrogen-bond acceptors (Lipinski definition) is 4. The van der Waals surface area contributed by atoms with Crippen LogP contribution < -0.4 is 4.72 Å². The van der Waals surface area contributed by atoms with Gasteiger partial charge in [-0.15, -0.1) is 11.3 Å². The Balaban J connectivity index is 1.68. The van der Waals surface area contributed by atoms with Crippen LogP contribution in [-0.4, -0.2) is 17.8 Å². The number of halogens is 1. The van der Waals surface area contributed by atoms with Crippen molar-refractivity contribution in [3.63, 3.8) is 0 Å². The first-order valence-corrected chi connectivity index (χ1v) is 10.5. The summed E-state index contributed by atoms with van der Waals surface area (Å²) >= 11 is 7.59. The van der Waals surface area contributed by atoms with E-state index in [9.17, 15) is 8.42 Å².